The van der Waals surface area contributed by atoms with Gasteiger partial charge in [-0.2, -0.15) is 5.10 Å². The topological polar surface area (TPSA) is 101 Å². The van der Waals surface area contributed by atoms with Crippen molar-refractivity contribution in [2.75, 3.05) is 40.3 Å². The molecule has 9 nitrogen and oxygen atoms in total. The lowest BCUT2D eigenvalue weighted by molar-refractivity contribution is -0.117. The molecule has 0 saturated heterocycles. The maximum Gasteiger partial charge on any atom is 0.287 e. The fraction of sp³-hybridized carbons (Fsp3) is 0.179. The molecule has 38 heavy (non-hydrogen) atoms. The number of hydrazone groups is 1. The van der Waals surface area contributed by atoms with E-state index in [1.54, 1.807) is 24.3 Å². The molecule has 2 N–H and O–H groups in total. The number of carbonyl (C=O) groups excluding carboxylic acids is 2. The largest absolute Gasteiger partial charge is 0.493 e. The predicted molar refractivity (Wildman–Crippen MR) is 144 cm³/mol. The summed E-state index contributed by atoms with van der Waals surface area (Å²) in [7, 11) is 8.30. The Bertz CT molecular complexity index is 1330. The Morgan fingerprint density at radius 2 is 1.55 bits per heavy atom. The van der Waals surface area contributed by atoms with E-state index < -0.39 is 17.6 Å². The first kappa shape index (κ1) is 27.7. The highest BCUT2D eigenvalue weighted by molar-refractivity contribution is 6.05. The van der Waals surface area contributed by atoms with Gasteiger partial charge in [-0.05, 0) is 54.1 Å². The average molecular weight is 521 g/mol. The second kappa shape index (κ2) is 12.9. The number of benzene rings is 3. The van der Waals surface area contributed by atoms with Gasteiger partial charge in [-0.1, -0.05) is 18.2 Å². The van der Waals surface area contributed by atoms with Gasteiger partial charge in [-0.15, -0.1) is 0 Å². The fourth-order valence-electron chi connectivity index (χ4n) is 3.42. The van der Waals surface area contributed by atoms with Crippen LogP contribution in [0.25, 0.3) is 6.08 Å². The van der Waals surface area contributed by atoms with Crippen LogP contribution in [-0.4, -0.2) is 53.5 Å². The van der Waals surface area contributed by atoms with Crippen LogP contribution in [0.4, 0.5) is 10.1 Å². The number of carbonyl (C=O) groups is 2. The van der Waals surface area contributed by atoms with E-state index in [0.717, 1.165) is 11.8 Å². The molecule has 3 aromatic carbocycles. The molecule has 0 fully saturated rings. The molecule has 0 bridgehead atoms. The molecular formula is C28H29FN4O5. The van der Waals surface area contributed by atoms with Crippen molar-refractivity contribution < 1.29 is 28.2 Å². The van der Waals surface area contributed by atoms with Crippen LogP contribution < -0.4 is 29.9 Å². The lowest BCUT2D eigenvalue weighted by Crippen LogP contribution is -2.32. The van der Waals surface area contributed by atoms with Crippen molar-refractivity contribution in [3.8, 4) is 17.2 Å². The van der Waals surface area contributed by atoms with Crippen LogP contribution in [0.1, 0.15) is 21.5 Å². The van der Waals surface area contributed by atoms with Crippen LogP contribution in [0.3, 0.4) is 0 Å². The minimum absolute atomic E-state index is 0.0626. The van der Waals surface area contributed by atoms with Gasteiger partial charge in [-0.25, -0.2) is 9.82 Å². The number of methoxy groups -OCH3 is 3. The number of hydrogen-bond acceptors (Lipinski definition) is 7. The summed E-state index contributed by atoms with van der Waals surface area (Å²) in [4.78, 5) is 27.7. The maximum absolute atomic E-state index is 13.6. The average Bonchev–Trinajstić information content (AvgIpc) is 2.92. The van der Waals surface area contributed by atoms with Gasteiger partial charge in [-0.3, -0.25) is 9.59 Å². The second-order valence-electron chi connectivity index (χ2n) is 8.17. The molecule has 0 aliphatic rings. The van der Waals surface area contributed by atoms with Gasteiger partial charge < -0.3 is 24.4 Å². The number of hydrogen-bond donors (Lipinski definition) is 2. The minimum atomic E-state index is -0.685. The molecular weight excluding hydrogens is 491 g/mol. The van der Waals surface area contributed by atoms with Crippen molar-refractivity contribution in [3.63, 3.8) is 0 Å². The summed E-state index contributed by atoms with van der Waals surface area (Å²) < 4.78 is 29.6. The first-order valence-electron chi connectivity index (χ1n) is 11.4. The third-order valence-corrected chi connectivity index (χ3v) is 5.37. The van der Waals surface area contributed by atoms with Crippen LogP contribution in [0.2, 0.25) is 0 Å². The van der Waals surface area contributed by atoms with E-state index in [0.29, 0.717) is 28.4 Å². The molecule has 3 aromatic rings. The Morgan fingerprint density at radius 1 is 0.895 bits per heavy atom. The van der Waals surface area contributed by atoms with Crippen LogP contribution in [0, 0.1) is 5.82 Å². The van der Waals surface area contributed by atoms with E-state index in [2.05, 4.69) is 15.8 Å². The van der Waals surface area contributed by atoms with Gasteiger partial charge in [0.1, 0.15) is 11.5 Å². The molecule has 0 radical (unpaired) electrons. The Labute approximate surface area is 220 Å². The summed E-state index contributed by atoms with van der Waals surface area (Å²) in [5.41, 5.74) is 4.57. The lowest BCUT2D eigenvalue weighted by atomic mass is 10.1. The van der Waals surface area contributed by atoms with Gasteiger partial charge in [0.15, 0.2) is 11.5 Å². The van der Waals surface area contributed by atoms with E-state index in [1.165, 1.54) is 51.8 Å². The Hall–Kier alpha value is -4.86. The number of anilines is 1. The Kier molecular flexibility index (Phi) is 9.42. The normalized spacial score (nSPS) is 11.2. The fourth-order valence-corrected chi connectivity index (χ4v) is 3.42. The molecule has 0 aliphatic carbocycles. The highest BCUT2D eigenvalue weighted by atomic mass is 19.1. The number of rotatable bonds is 10. The number of ether oxygens (including phenoxy) is 3. The van der Waals surface area contributed by atoms with E-state index in [-0.39, 0.29) is 11.3 Å². The van der Waals surface area contributed by atoms with Crippen molar-refractivity contribution in [1.29, 1.82) is 0 Å². The van der Waals surface area contributed by atoms with E-state index in [1.807, 2.05) is 31.1 Å². The molecule has 198 valence electrons. The zero-order valence-electron chi connectivity index (χ0n) is 21.7. The van der Waals surface area contributed by atoms with Gasteiger partial charge >= 0.3 is 0 Å². The van der Waals surface area contributed by atoms with Gasteiger partial charge in [0.2, 0.25) is 5.75 Å². The van der Waals surface area contributed by atoms with Gasteiger partial charge in [0.25, 0.3) is 11.8 Å². The zero-order chi connectivity index (χ0) is 27.7. The summed E-state index contributed by atoms with van der Waals surface area (Å²) in [6.45, 7) is 0. The molecule has 3 rings (SSSR count). The molecule has 0 unspecified atom stereocenters. The summed E-state index contributed by atoms with van der Waals surface area (Å²) in [5, 5.41) is 6.56. The number of halogens is 1. The van der Waals surface area contributed by atoms with Gasteiger partial charge in [0, 0.05) is 30.9 Å². The van der Waals surface area contributed by atoms with E-state index in [9.17, 15) is 14.0 Å². The molecule has 0 heterocycles. The highest BCUT2D eigenvalue weighted by Crippen LogP contribution is 2.37. The quantitative estimate of drug-likeness (QED) is 0.239. The minimum Gasteiger partial charge on any atom is -0.493 e. The predicted octanol–water partition coefficient (Wildman–Crippen LogP) is 3.84. The Morgan fingerprint density at radius 3 is 2.11 bits per heavy atom. The monoisotopic (exact) mass is 520 g/mol. The number of nitrogens with one attached hydrogen (secondary N) is 2. The lowest BCUT2D eigenvalue weighted by Gasteiger charge is -2.13. The molecule has 2 amide bonds. The summed E-state index contributed by atoms with van der Waals surface area (Å²) in [6.07, 6.45) is 2.89. The van der Waals surface area contributed by atoms with Crippen molar-refractivity contribution in [3.05, 3.63) is 88.9 Å². The van der Waals surface area contributed by atoms with Crippen LogP contribution in [0.5, 0.6) is 17.2 Å². The first-order chi connectivity index (χ1) is 18.2. The molecule has 0 aliphatic heterocycles. The van der Waals surface area contributed by atoms with Crippen molar-refractivity contribution >= 4 is 29.8 Å². The molecule has 0 saturated carbocycles. The van der Waals surface area contributed by atoms with E-state index in [4.69, 9.17) is 14.2 Å². The smallest absolute Gasteiger partial charge is 0.287 e. The first-order valence-corrected chi connectivity index (χ1v) is 11.4. The number of nitrogens with zero attached hydrogens (tertiary/aromatic N) is 2. The third kappa shape index (κ3) is 7.10. The standard InChI is InChI=1S/C28H29FN4O5/c1-33(2)22-11-9-18(10-12-22)13-23(31-27(34)20-7-6-8-21(29)16-20)28(35)32-30-17-19-14-24(36-3)26(38-5)25(15-19)37-4/h6-17H,1-5H3,(H,31,34)(H,32,35)/b23-13-,30-17+. The SMILES string of the molecule is COc1cc(/C=N/NC(=O)/C(=C/c2ccc(N(C)C)cc2)NC(=O)c2cccc(F)c2)cc(OC)c1OC. The van der Waals surface area contributed by atoms with E-state index >= 15 is 0 Å². The van der Waals surface area contributed by atoms with Crippen LogP contribution in [-0.2, 0) is 4.79 Å². The molecule has 0 spiro atoms. The van der Waals surface area contributed by atoms with Crippen molar-refractivity contribution in [1.82, 2.24) is 10.7 Å². The summed E-state index contributed by atoms with van der Waals surface area (Å²) in [6, 6.07) is 15.8. The number of amides is 2. The van der Waals surface area contributed by atoms with Crippen LogP contribution >= 0.6 is 0 Å². The summed E-state index contributed by atoms with van der Waals surface area (Å²) in [5.74, 6) is -0.643. The third-order valence-electron chi connectivity index (χ3n) is 5.37. The van der Waals surface area contributed by atoms with Gasteiger partial charge in [0.05, 0.1) is 27.5 Å². The zero-order valence-corrected chi connectivity index (χ0v) is 21.7. The Balaban J connectivity index is 1.86. The second-order valence-corrected chi connectivity index (χ2v) is 8.17. The molecule has 0 atom stereocenters. The summed E-state index contributed by atoms with van der Waals surface area (Å²) >= 11 is 0. The van der Waals surface area contributed by atoms with Crippen LogP contribution in [0.15, 0.2) is 71.5 Å². The maximum atomic E-state index is 13.6. The van der Waals surface area contributed by atoms with Crippen molar-refractivity contribution in [2.45, 2.75) is 0 Å². The highest BCUT2D eigenvalue weighted by Gasteiger charge is 2.16. The molecule has 0 aromatic heterocycles. The van der Waals surface area contributed by atoms with Crippen molar-refractivity contribution in [2.24, 2.45) is 5.10 Å². The molecule has 10 heteroatoms.